The number of fused-ring (bicyclic) bond motifs is 1. The minimum absolute atomic E-state index is 0.0563. The second-order valence-electron chi connectivity index (χ2n) is 4.19. The standard InChI is InChI=1S/C12H11Cl2N3O/c1-7(18)17-6-8(3-2-4-15)11-9(17)5-10(13)16-12(11)14/h5,8H,2-3,6H2,1H3. The lowest BCUT2D eigenvalue weighted by Gasteiger charge is -2.14. The van der Waals surface area contributed by atoms with Gasteiger partial charge in [0.05, 0.1) is 11.8 Å². The second-order valence-corrected chi connectivity index (χ2v) is 4.94. The number of amides is 1. The minimum Gasteiger partial charge on any atom is -0.312 e. The van der Waals surface area contributed by atoms with Crippen LogP contribution < -0.4 is 4.90 Å². The minimum atomic E-state index is -0.0611. The molecular formula is C12H11Cl2N3O. The summed E-state index contributed by atoms with van der Waals surface area (Å²) >= 11 is 12.0. The van der Waals surface area contributed by atoms with Crippen LogP contribution >= 0.6 is 23.2 Å². The Morgan fingerprint density at radius 1 is 1.67 bits per heavy atom. The SMILES string of the molecule is CC(=O)N1CC(CCC#N)c2c1cc(Cl)nc2Cl. The number of halogens is 2. The fourth-order valence-electron chi connectivity index (χ4n) is 2.27. The van der Waals surface area contributed by atoms with Gasteiger partial charge in [-0.2, -0.15) is 5.26 Å². The first kappa shape index (κ1) is 13.1. The summed E-state index contributed by atoms with van der Waals surface area (Å²) in [6.07, 6.45) is 1.09. The molecule has 0 spiro atoms. The fourth-order valence-corrected chi connectivity index (χ4v) is 2.84. The number of rotatable bonds is 2. The van der Waals surface area contributed by atoms with Crippen molar-refractivity contribution in [3.8, 4) is 6.07 Å². The first-order chi connectivity index (χ1) is 8.54. The number of anilines is 1. The fraction of sp³-hybridized carbons (Fsp3) is 0.417. The van der Waals surface area contributed by atoms with E-state index in [2.05, 4.69) is 11.1 Å². The van der Waals surface area contributed by atoms with E-state index in [1.807, 2.05) is 0 Å². The summed E-state index contributed by atoms with van der Waals surface area (Å²) in [5.74, 6) is -0.00476. The largest absolute Gasteiger partial charge is 0.312 e. The van der Waals surface area contributed by atoms with Gasteiger partial charge in [-0.25, -0.2) is 4.98 Å². The highest BCUT2D eigenvalue weighted by Crippen LogP contribution is 2.43. The van der Waals surface area contributed by atoms with E-state index in [0.717, 1.165) is 11.3 Å². The monoisotopic (exact) mass is 283 g/mol. The van der Waals surface area contributed by atoms with Crippen molar-refractivity contribution in [1.29, 1.82) is 5.26 Å². The number of hydrogen-bond acceptors (Lipinski definition) is 3. The van der Waals surface area contributed by atoms with Crippen LogP contribution in [-0.4, -0.2) is 17.4 Å². The van der Waals surface area contributed by atoms with Crippen LogP contribution in [-0.2, 0) is 4.79 Å². The van der Waals surface area contributed by atoms with Crippen LogP contribution in [0, 0.1) is 11.3 Å². The highest BCUT2D eigenvalue weighted by atomic mass is 35.5. The third-order valence-corrected chi connectivity index (χ3v) is 3.53. The van der Waals surface area contributed by atoms with Crippen molar-refractivity contribution in [1.82, 2.24) is 4.98 Å². The molecule has 94 valence electrons. The second kappa shape index (κ2) is 5.13. The third kappa shape index (κ3) is 2.29. The van der Waals surface area contributed by atoms with Crippen molar-refractivity contribution >= 4 is 34.8 Å². The summed E-state index contributed by atoms with van der Waals surface area (Å²) in [7, 11) is 0. The molecule has 0 aromatic carbocycles. The highest BCUT2D eigenvalue weighted by Gasteiger charge is 2.33. The molecule has 1 unspecified atom stereocenters. The Balaban J connectivity index is 2.45. The van der Waals surface area contributed by atoms with Gasteiger partial charge in [0.25, 0.3) is 0 Å². The molecule has 0 fully saturated rings. The number of aromatic nitrogens is 1. The molecule has 2 heterocycles. The van der Waals surface area contributed by atoms with Gasteiger partial charge in [0.2, 0.25) is 5.91 Å². The Bertz CT molecular complexity index is 539. The van der Waals surface area contributed by atoms with E-state index in [4.69, 9.17) is 28.5 Å². The van der Waals surface area contributed by atoms with E-state index in [9.17, 15) is 4.79 Å². The van der Waals surface area contributed by atoms with Crippen molar-refractivity contribution in [2.45, 2.75) is 25.7 Å². The van der Waals surface area contributed by atoms with Crippen molar-refractivity contribution < 1.29 is 4.79 Å². The maximum Gasteiger partial charge on any atom is 0.223 e. The topological polar surface area (TPSA) is 57.0 Å². The van der Waals surface area contributed by atoms with Gasteiger partial charge in [-0.1, -0.05) is 23.2 Å². The van der Waals surface area contributed by atoms with Crippen molar-refractivity contribution in [3.63, 3.8) is 0 Å². The predicted octanol–water partition coefficient (Wildman–Crippen LogP) is 3.14. The summed E-state index contributed by atoms with van der Waals surface area (Å²) < 4.78 is 0. The molecule has 0 radical (unpaired) electrons. The molecule has 1 aliphatic heterocycles. The maximum atomic E-state index is 11.6. The zero-order valence-electron chi connectivity index (χ0n) is 9.78. The van der Waals surface area contributed by atoms with E-state index < -0.39 is 0 Å². The molecule has 1 aromatic heterocycles. The summed E-state index contributed by atoms with van der Waals surface area (Å²) in [5.41, 5.74) is 1.54. The van der Waals surface area contributed by atoms with E-state index >= 15 is 0 Å². The smallest absolute Gasteiger partial charge is 0.223 e. The zero-order valence-corrected chi connectivity index (χ0v) is 11.3. The van der Waals surface area contributed by atoms with Crippen LogP contribution in [0.4, 0.5) is 5.69 Å². The molecule has 18 heavy (non-hydrogen) atoms. The highest BCUT2D eigenvalue weighted by molar-refractivity contribution is 6.33. The molecular weight excluding hydrogens is 273 g/mol. The van der Waals surface area contributed by atoms with Crippen LogP contribution in [0.25, 0.3) is 0 Å². The summed E-state index contributed by atoms with van der Waals surface area (Å²) in [4.78, 5) is 17.2. The van der Waals surface area contributed by atoms with Crippen LogP contribution in [0.1, 0.15) is 31.2 Å². The van der Waals surface area contributed by atoms with Crippen LogP contribution in [0.2, 0.25) is 10.3 Å². The van der Waals surface area contributed by atoms with Crippen LogP contribution in [0.3, 0.4) is 0 Å². The summed E-state index contributed by atoms with van der Waals surface area (Å²) in [5, 5.41) is 9.26. The molecule has 0 saturated carbocycles. The van der Waals surface area contributed by atoms with Gasteiger partial charge in [0.15, 0.2) is 0 Å². The van der Waals surface area contributed by atoms with E-state index in [1.54, 1.807) is 11.0 Å². The molecule has 2 rings (SSSR count). The first-order valence-corrected chi connectivity index (χ1v) is 6.31. The maximum absolute atomic E-state index is 11.6. The van der Waals surface area contributed by atoms with Crippen LogP contribution in [0.15, 0.2) is 6.07 Å². The number of nitriles is 1. The van der Waals surface area contributed by atoms with E-state index in [0.29, 0.717) is 24.5 Å². The van der Waals surface area contributed by atoms with E-state index in [1.165, 1.54) is 6.92 Å². The van der Waals surface area contributed by atoms with Crippen LogP contribution in [0.5, 0.6) is 0 Å². The van der Waals surface area contributed by atoms with Crippen molar-refractivity contribution in [2.75, 3.05) is 11.4 Å². The molecule has 0 aliphatic carbocycles. The van der Waals surface area contributed by atoms with Gasteiger partial charge in [0, 0.05) is 31.4 Å². The molecule has 0 bridgehead atoms. The summed E-state index contributed by atoms with van der Waals surface area (Å²) in [6, 6.07) is 3.76. The molecule has 4 nitrogen and oxygen atoms in total. The summed E-state index contributed by atoms with van der Waals surface area (Å²) in [6.45, 7) is 2.03. The van der Waals surface area contributed by atoms with Gasteiger partial charge >= 0.3 is 0 Å². The first-order valence-electron chi connectivity index (χ1n) is 5.55. The Morgan fingerprint density at radius 3 is 3.00 bits per heavy atom. The lowest BCUT2D eigenvalue weighted by atomic mass is 9.98. The van der Waals surface area contributed by atoms with Gasteiger partial charge in [-0.3, -0.25) is 4.79 Å². The van der Waals surface area contributed by atoms with E-state index in [-0.39, 0.29) is 17.0 Å². The molecule has 1 amide bonds. The number of carbonyl (C=O) groups excluding carboxylic acids is 1. The zero-order chi connectivity index (χ0) is 13.3. The number of nitrogens with zero attached hydrogens (tertiary/aromatic N) is 3. The van der Waals surface area contributed by atoms with Gasteiger partial charge in [-0.15, -0.1) is 0 Å². The molecule has 0 N–H and O–H groups in total. The normalized spacial score (nSPS) is 17.4. The quantitative estimate of drug-likeness (QED) is 0.784. The molecule has 0 saturated heterocycles. The number of carbonyl (C=O) groups is 1. The third-order valence-electron chi connectivity index (χ3n) is 3.05. The Morgan fingerprint density at radius 2 is 2.39 bits per heavy atom. The molecule has 1 aromatic rings. The number of pyridine rings is 1. The Hall–Kier alpha value is -1.31. The Labute approximate surface area is 115 Å². The lowest BCUT2D eigenvalue weighted by Crippen LogP contribution is -2.27. The van der Waals surface area contributed by atoms with Gasteiger partial charge < -0.3 is 4.90 Å². The molecule has 1 atom stereocenters. The van der Waals surface area contributed by atoms with Crippen molar-refractivity contribution in [2.24, 2.45) is 0 Å². The molecule has 1 aliphatic rings. The Kier molecular flexibility index (Phi) is 3.74. The predicted molar refractivity (Wildman–Crippen MR) is 69.9 cm³/mol. The number of hydrogen-bond donors (Lipinski definition) is 0. The van der Waals surface area contributed by atoms with Gasteiger partial charge in [0.1, 0.15) is 10.3 Å². The van der Waals surface area contributed by atoms with Crippen molar-refractivity contribution in [3.05, 3.63) is 21.9 Å². The lowest BCUT2D eigenvalue weighted by molar-refractivity contribution is -0.116. The molecule has 6 heteroatoms. The average Bonchev–Trinajstić information content (AvgIpc) is 2.65. The van der Waals surface area contributed by atoms with Gasteiger partial charge in [-0.05, 0) is 12.5 Å². The average molecular weight is 284 g/mol.